The molecule has 0 fully saturated rings. The van der Waals surface area contributed by atoms with Crippen molar-refractivity contribution < 1.29 is 17.6 Å². The molecule has 2 heterocycles. The molecule has 0 unspecified atom stereocenters. The van der Waals surface area contributed by atoms with E-state index in [-0.39, 0.29) is 22.4 Å². The van der Waals surface area contributed by atoms with E-state index in [2.05, 4.69) is 14.7 Å². The molecule has 10 heteroatoms. The molecule has 0 radical (unpaired) electrons. The molecule has 0 bridgehead atoms. The standard InChI is InChI=1S/C21H20FN5O3S/c1-13-5-6-16(22)10-19(13)31(29,30)26-17-4-2-3-14(9-17)20(28)27-8-7-18-15(12-27)11-24-21(23)25-18/h2-6,9-11,26H,7-8,12H2,1H3,(H2,23,24,25). The molecule has 8 nitrogen and oxygen atoms in total. The van der Waals surface area contributed by atoms with E-state index in [1.807, 2.05) is 0 Å². The topological polar surface area (TPSA) is 118 Å². The number of carbonyl (C=O) groups excluding carboxylic acids is 1. The number of hydrogen-bond acceptors (Lipinski definition) is 6. The predicted molar refractivity (Wildman–Crippen MR) is 113 cm³/mol. The molecular weight excluding hydrogens is 421 g/mol. The lowest BCUT2D eigenvalue weighted by atomic mass is 10.1. The Bertz CT molecular complexity index is 1280. The number of rotatable bonds is 4. The number of fused-ring (bicyclic) bond motifs is 1. The highest BCUT2D eigenvalue weighted by molar-refractivity contribution is 7.92. The van der Waals surface area contributed by atoms with Gasteiger partial charge in [0.25, 0.3) is 15.9 Å². The van der Waals surface area contributed by atoms with Crippen LogP contribution >= 0.6 is 0 Å². The summed E-state index contributed by atoms with van der Waals surface area (Å²) in [4.78, 5) is 22.7. The number of sulfonamides is 1. The molecule has 0 saturated heterocycles. The molecule has 1 aromatic heterocycles. The van der Waals surface area contributed by atoms with E-state index in [1.165, 1.54) is 24.3 Å². The molecule has 0 saturated carbocycles. The summed E-state index contributed by atoms with van der Waals surface area (Å²) in [6, 6.07) is 9.76. The van der Waals surface area contributed by atoms with E-state index >= 15 is 0 Å². The lowest BCUT2D eigenvalue weighted by molar-refractivity contribution is 0.0733. The zero-order valence-electron chi connectivity index (χ0n) is 16.7. The first-order valence-corrected chi connectivity index (χ1v) is 11.0. The van der Waals surface area contributed by atoms with E-state index < -0.39 is 15.8 Å². The van der Waals surface area contributed by atoms with Gasteiger partial charge in [0.05, 0.1) is 10.6 Å². The summed E-state index contributed by atoms with van der Waals surface area (Å²) < 4.78 is 41.4. The smallest absolute Gasteiger partial charge is 0.262 e. The van der Waals surface area contributed by atoms with E-state index in [0.29, 0.717) is 30.6 Å². The SMILES string of the molecule is Cc1ccc(F)cc1S(=O)(=O)Nc1cccc(C(=O)N2CCc3nc(N)ncc3C2)c1. The number of aryl methyl sites for hydroxylation is 1. The van der Waals surface area contributed by atoms with Crippen molar-refractivity contribution in [1.29, 1.82) is 0 Å². The fourth-order valence-corrected chi connectivity index (χ4v) is 4.78. The van der Waals surface area contributed by atoms with Gasteiger partial charge in [0, 0.05) is 42.5 Å². The maximum Gasteiger partial charge on any atom is 0.262 e. The quantitative estimate of drug-likeness (QED) is 0.642. The van der Waals surface area contributed by atoms with Gasteiger partial charge in [-0.15, -0.1) is 0 Å². The Labute approximate surface area is 179 Å². The molecule has 1 aliphatic rings. The van der Waals surface area contributed by atoms with Gasteiger partial charge in [0.15, 0.2) is 0 Å². The maximum atomic E-state index is 13.6. The number of nitrogens with two attached hydrogens (primary N) is 1. The van der Waals surface area contributed by atoms with Crippen molar-refractivity contribution in [2.45, 2.75) is 24.8 Å². The third-order valence-electron chi connectivity index (χ3n) is 5.04. The molecule has 3 N–H and O–H groups in total. The normalized spacial score (nSPS) is 13.5. The first-order chi connectivity index (χ1) is 14.7. The van der Waals surface area contributed by atoms with Crippen LogP contribution in [0.4, 0.5) is 16.0 Å². The fourth-order valence-electron chi connectivity index (χ4n) is 3.48. The Balaban J connectivity index is 1.55. The van der Waals surface area contributed by atoms with Gasteiger partial charge in [0.1, 0.15) is 5.82 Å². The Morgan fingerprint density at radius 3 is 2.84 bits per heavy atom. The zero-order valence-corrected chi connectivity index (χ0v) is 17.5. The molecule has 4 rings (SSSR count). The van der Waals surface area contributed by atoms with Gasteiger partial charge in [-0.2, -0.15) is 0 Å². The number of hydrogen-bond donors (Lipinski definition) is 2. The van der Waals surface area contributed by atoms with Crippen LogP contribution in [0.1, 0.15) is 27.2 Å². The Morgan fingerprint density at radius 1 is 1.23 bits per heavy atom. The van der Waals surface area contributed by atoms with Crippen molar-refractivity contribution in [1.82, 2.24) is 14.9 Å². The monoisotopic (exact) mass is 441 g/mol. The van der Waals surface area contributed by atoms with Crippen molar-refractivity contribution in [3.63, 3.8) is 0 Å². The summed E-state index contributed by atoms with van der Waals surface area (Å²) in [5.74, 6) is -0.691. The second kappa shape index (κ2) is 7.95. The molecule has 31 heavy (non-hydrogen) atoms. The van der Waals surface area contributed by atoms with E-state index in [4.69, 9.17) is 5.73 Å². The van der Waals surface area contributed by atoms with Crippen LogP contribution in [-0.4, -0.2) is 35.7 Å². The average Bonchev–Trinajstić information content (AvgIpc) is 2.74. The first kappa shape index (κ1) is 20.7. The molecule has 2 aromatic carbocycles. The van der Waals surface area contributed by atoms with Crippen molar-refractivity contribution in [2.24, 2.45) is 0 Å². The van der Waals surface area contributed by atoms with Crippen molar-refractivity contribution in [3.05, 3.63) is 76.9 Å². The van der Waals surface area contributed by atoms with Gasteiger partial charge in [-0.25, -0.2) is 22.8 Å². The van der Waals surface area contributed by atoms with Gasteiger partial charge in [-0.05, 0) is 42.8 Å². The molecule has 1 amide bonds. The highest BCUT2D eigenvalue weighted by Crippen LogP contribution is 2.23. The van der Waals surface area contributed by atoms with Crippen LogP contribution in [0.3, 0.4) is 0 Å². The van der Waals surface area contributed by atoms with E-state index in [9.17, 15) is 17.6 Å². The first-order valence-electron chi connectivity index (χ1n) is 9.51. The largest absolute Gasteiger partial charge is 0.368 e. The van der Waals surface area contributed by atoms with Crippen molar-refractivity contribution in [3.8, 4) is 0 Å². The molecule has 1 aliphatic heterocycles. The number of nitrogens with zero attached hydrogens (tertiary/aromatic N) is 3. The summed E-state index contributed by atoms with van der Waals surface area (Å²) in [6.07, 6.45) is 2.17. The van der Waals surface area contributed by atoms with Gasteiger partial charge in [0.2, 0.25) is 5.95 Å². The van der Waals surface area contributed by atoms with Crippen LogP contribution in [0, 0.1) is 12.7 Å². The predicted octanol–water partition coefficient (Wildman–Crippen LogP) is 2.51. The Kier molecular flexibility index (Phi) is 5.32. The lowest BCUT2D eigenvalue weighted by Crippen LogP contribution is -2.36. The van der Waals surface area contributed by atoms with E-state index in [1.54, 1.807) is 30.2 Å². The summed E-state index contributed by atoms with van der Waals surface area (Å²) in [6.45, 7) is 2.38. The Morgan fingerprint density at radius 2 is 2.03 bits per heavy atom. The highest BCUT2D eigenvalue weighted by atomic mass is 32.2. The molecular formula is C21H20FN5O3S. The number of benzene rings is 2. The number of nitrogen functional groups attached to an aromatic ring is 1. The molecule has 0 atom stereocenters. The highest BCUT2D eigenvalue weighted by Gasteiger charge is 2.24. The van der Waals surface area contributed by atoms with Crippen LogP contribution in [-0.2, 0) is 23.0 Å². The fraction of sp³-hybridized carbons (Fsp3) is 0.190. The summed E-state index contributed by atoms with van der Waals surface area (Å²) in [5.41, 5.74) is 8.22. The molecule has 3 aromatic rings. The molecule has 0 spiro atoms. The summed E-state index contributed by atoms with van der Waals surface area (Å²) in [5, 5.41) is 0. The second-order valence-electron chi connectivity index (χ2n) is 7.27. The third kappa shape index (κ3) is 4.33. The number of anilines is 2. The summed E-state index contributed by atoms with van der Waals surface area (Å²) in [7, 11) is -4.02. The van der Waals surface area contributed by atoms with Crippen LogP contribution in [0.2, 0.25) is 0 Å². The van der Waals surface area contributed by atoms with E-state index in [0.717, 1.165) is 17.3 Å². The van der Waals surface area contributed by atoms with Gasteiger partial charge >= 0.3 is 0 Å². The minimum atomic E-state index is -4.02. The maximum absolute atomic E-state index is 13.6. The van der Waals surface area contributed by atoms with Gasteiger partial charge in [-0.3, -0.25) is 9.52 Å². The minimum absolute atomic E-state index is 0.156. The van der Waals surface area contributed by atoms with Crippen molar-refractivity contribution >= 4 is 27.6 Å². The number of nitrogens with one attached hydrogen (secondary N) is 1. The number of aromatic nitrogens is 2. The van der Waals surface area contributed by atoms with Crippen LogP contribution < -0.4 is 10.5 Å². The average molecular weight is 441 g/mol. The van der Waals surface area contributed by atoms with Crippen LogP contribution in [0.15, 0.2) is 53.6 Å². The number of carbonyl (C=O) groups is 1. The lowest BCUT2D eigenvalue weighted by Gasteiger charge is -2.28. The third-order valence-corrected chi connectivity index (χ3v) is 6.56. The Hall–Kier alpha value is -3.53. The number of halogens is 1. The van der Waals surface area contributed by atoms with Gasteiger partial charge < -0.3 is 10.6 Å². The van der Waals surface area contributed by atoms with Gasteiger partial charge in [-0.1, -0.05) is 12.1 Å². The van der Waals surface area contributed by atoms with Crippen molar-refractivity contribution in [2.75, 3.05) is 17.0 Å². The second-order valence-corrected chi connectivity index (χ2v) is 8.92. The zero-order chi connectivity index (χ0) is 22.2. The minimum Gasteiger partial charge on any atom is -0.368 e. The van der Waals surface area contributed by atoms with Crippen LogP contribution in [0.5, 0.6) is 0 Å². The summed E-state index contributed by atoms with van der Waals surface area (Å²) >= 11 is 0. The molecule has 160 valence electrons. The van der Waals surface area contributed by atoms with Crippen LogP contribution in [0.25, 0.3) is 0 Å². The molecule has 0 aliphatic carbocycles. The number of amides is 1.